The van der Waals surface area contributed by atoms with Gasteiger partial charge in [-0.3, -0.25) is 4.79 Å². The lowest BCUT2D eigenvalue weighted by atomic mass is 10.0. The van der Waals surface area contributed by atoms with Crippen molar-refractivity contribution in [2.75, 3.05) is 6.61 Å². The van der Waals surface area contributed by atoms with Crippen LogP contribution in [0.25, 0.3) is 11.8 Å². The summed E-state index contributed by atoms with van der Waals surface area (Å²) in [4.78, 5) is 25.1. The summed E-state index contributed by atoms with van der Waals surface area (Å²) in [7, 11) is 0. The van der Waals surface area contributed by atoms with E-state index in [1.54, 1.807) is 30.7 Å². The second-order valence-corrected chi connectivity index (χ2v) is 6.37. The van der Waals surface area contributed by atoms with E-state index in [4.69, 9.17) is 9.15 Å². The zero-order valence-corrected chi connectivity index (χ0v) is 16.6. The summed E-state index contributed by atoms with van der Waals surface area (Å²) < 4.78 is 12.1. The molecule has 0 fully saturated rings. The molecule has 0 saturated carbocycles. The molecule has 0 bridgehead atoms. The van der Waals surface area contributed by atoms with E-state index in [9.17, 15) is 9.59 Å². The van der Waals surface area contributed by atoms with Crippen molar-refractivity contribution in [3.8, 4) is 5.69 Å². The number of para-hydroxylation sites is 1. The Labute approximate surface area is 169 Å². The summed E-state index contributed by atoms with van der Waals surface area (Å²) in [6, 6.07) is 12.1. The molecule has 150 valence electrons. The molecule has 0 unspecified atom stereocenters. The lowest BCUT2D eigenvalue weighted by Gasteiger charge is -2.17. The van der Waals surface area contributed by atoms with Gasteiger partial charge in [0.15, 0.2) is 6.04 Å². The van der Waals surface area contributed by atoms with Gasteiger partial charge in [-0.2, -0.15) is 5.10 Å². The maximum atomic E-state index is 12.6. The van der Waals surface area contributed by atoms with Gasteiger partial charge in [0.1, 0.15) is 5.76 Å². The van der Waals surface area contributed by atoms with Crippen LogP contribution in [0.5, 0.6) is 0 Å². The third kappa shape index (κ3) is 4.63. The number of esters is 1. The summed E-state index contributed by atoms with van der Waals surface area (Å²) in [5.41, 5.74) is 2.87. The summed E-state index contributed by atoms with van der Waals surface area (Å²) in [6.45, 7) is 5.59. The third-order valence-electron chi connectivity index (χ3n) is 4.39. The lowest BCUT2D eigenvalue weighted by Crippen LogP contribution is -2.34. The van der Waals surface area contributed by atoms with Crippen LogP contribution in [0.1, 0.15) is 35.7 Å². The Morgan fingerprint density at radius 2 is 1.97 bits per heavy atom. The highest BCUT2D eigenvalue weighted by Crippen LogP contribution is 2.25. The fourth-order valence-corrected chi connectivity index (χ4v) is 3.10. The predicted octanol–water partition coefficient (Wildman–Crippen LogP) is 3.52. The minimum Gasteiger partial charge on any atom is -0.465 e. The molecule has 0 spiro atoms. The second kappa shape index (κ2) is 9.05. The standard InChI is InChI=1S/C22H23N3O4/c1-4-28-22(27)21(23-19(26)13-12-18-11-8-14-29-18)20-15(2)24-25(16(20)3)17-9-6-5-7-10-17/h5-14,21H,4H2,1-3H3,(H,23,26)/b13-12+/t21-/m0/s1. The molecule has 0 radical (unpaired) electrons. The first-order valence-corrected chi connectivity index (χ1v) is 9.31. The minimum atomic E-state index is -0.971. The van der Waals surface area contributed by atoms with Gasteiger partial charge in [-0.1, -0.05) is 18.2 Å². The molecule has 1 aromatic carbocycles. The smallest absolute Gasteiger partial charge is 0.333 e. The van der Waals surface area contributed by atoms with E-state index < -0.39 is 17.9 Å². The first-order chi connectivity index (χ1) is 14.0. The maximum absolute atomic E-state index is 12.6. The fourth-order valence-electron chi connectivity index (χ4n) is 3.10. The summed E-state index contributed by atoms with van der Waals surface area (Å²) in [5.74, 6) is -0.436. The van der Waals surface area contributed by atoms with E-state index in [2.05, 4.69) is 10.4 Å². The highest BCUT2D eigenvalue weighted by molar-refractivity contribution is 5.94. The van der Waals surface area contributed by atoms with Gasteiger partial charge in [0.25, 0.3) is 0 Å². The van der Waals surface area contributed by atoms with Gasteiger partial charge in [0.2, 0.25) is 5.91 Å². The lowest BCUT2D eigenvalue weighted by molar-refractivity contribution is -0.147. The highest BCUT2D eigenvalue weighted by atomic mass is 16.5. The highest BCUT2D eigenvalue weighted by Gasteiger charge is 2.30. The number of hydrogen-bond donors (Lipinski definition) is 1. The van der Waals surface area contributed by atoms with Gasteiger partial charge in [-0.15, -0.1) is 0 Å². The van der Waals surface area contributed by atoms with Gasteiger partial charge in [-0.05, 0) is 51.1 Å². The molecule has 2 aromatic heterocycles. The number of carbonyl (C=O) groups is 2. The number of nitrogens with zero attached hydrogens (tertiary/aromatic N) is 2. The Morgan fingerprint density at radius 3 is 2.62 bits per heavy atom. The van der Waals surface area contributed by atoms with Crippen molar-refractivity contribution in [1.82, 2.24) is 15.1 Å². The zero-order chi connectivity index (χ0) is 20.8. The predicted molar refractivity (Wildman–Crippen MR) is 108 cm³/mol. The van der Waals surface area contributed by atoms with Crippen LogP contribution in [0.3, 0.4) is 0 Å². The van der Waals surface area contributed by atoms with Crippen LogP contribution < -0.4 is 5.32 Å². The first-order valence-electron chi connectivity index (χ1n) is 9.31. The van der Waals surface area contributed by atoms with E-state index in [0.29, 0.717) is 17.0 Å². The molecule has 1 N–H and O–H groups in total. The molecule has 29 heavy (non-hydrogen) atoms. The molecule has 1 amide bonds. The normalized spacial score (nSPS) is 12.1. The number of rotatable bonds is 7. The average Bonchev–Trinajstić information content (AvgIpc) is 3.33. The number of furan rings is 1. The van der Waals surface area contributed by atoms with Crippen LogP contribution in [0.4, 0.5) is 0 Å². The number of carbonyl (C=O) groups excluding carboxylic acids is 2. The van der Waals surface area contributed by atoms with E-state index in [-0.39, 0.29) is 6.61 Å². The van der Waals surface area contributed by atoms with Gasteiger partial charge in [0, 0.05) is 17.3 Å². The maximum Gasteiger partial charge on any atom is 0.333 e. The fraction of sp³-hybridized carbons (Fsp3) is 0.227. The number of aryl methyl sites for hydroxylation is 1. The number of amides is 1. The number of benzene rings is 1. The van der Waals surface area contributed by atoms with Gasteiger partial charge < -0.3 is 14.5 Å². The number of nitrogens with one attached hydrogen (secondary N) is 1. The molecule has 7 heteroatoms. The Bertz CT molecular complexity index is 1000. The van der Waals surface area contributed by atoms with Crippen molar-refractivity contribution in [3.63, 3.8) is 0 Å². The molecule has 2 heterocycles. The Balaban J connectivity index is 1.92. The molecule has 0 saturated heterocycles. The Morgan fingerprint density at radius 1 is 1.21 bits per heavy atom. The monoisotopic (exact) mass is 393 g/mol. The number of ether oxygens (including phenoxy) is 1. The second-order valence-electron chi connectivity index (χ2n) is 6.37. The van der Waals surface area contributed by atoms with E-state index in [1.165, 1.54) is 18.4 Å². The first kappa shape index (κ1) is 20.1. The van der Waals surface area contributed by atoms with Crippen LogP contribution in [0.2, 0.25) is 0 Å². The molecule has 7 nitrogen and oxygen atoms in total. The van der Waals surface area contributed by atoms with E-state index in [0.717, 1.165) is 11.4 Å². The number of aromatic nitrogens is 2. The molecule has 0 aliphatic carbocycles. The van der Waals surface area contributed by atoms with Crippen molar-refractivity contribution in [2.45, 2.75) is 26.8 Å². The molecule has 1 atom stereocenters. The molecule has 3 aromatic rings. The van der Waals surface area contributed by atoms with Gasteiger partial charge in [0.05, 0.1) is 24.3 Å². The van der Waals surface area contributed by atoms with Crippen LogP contribution in [0.15, 0.2) is 59.2 Å². The van der Waals surface area contributed by atoms with Crippen molar-refractivity contribution in [2.24, 2.45) is 0 Å². The van der Waals surface area contributed by atoms with Gasteiger partial charge >= 0.3 is 5.97 Å². The quantitative estimate of drug-likeness (QED) is 0.490. The SMILES string of the molecule is CCOC(=O)[C@@H](NC(=O)/C=C/c1ccco1)c1c(C)nn(-c2ccccc2)c1C. The topological polar surface area (TPSA) is 86.4 Å². The molecular weight excluding hydrogens is 370 g/mol. The Kier molecular flexibility index (Phi) is 6.29. The van der Waals surface area contributed by atoms with Crippen molar-refractivity contribution >= 4 is 18.0 Å². The number of hydrogen-bond acceptors (Lipinski definition) is 5. The van der Waals surface area contributed by atoms with Crippen LogP contribution >= 0.6 is 0 Å². The van der Waals surface area contributed by atoms with Gasteiger partial charge in [-0.25, -0.2) is 9.48 Å². The van der Waals surface area contributed by atoms with Crippen LogP contribution in [-0.4, -0.2) is 28.3 Å². The Hall–Kier alpha value is -3.61. The van der Waals surface area contributed by atoms with Crippen LogP contribution in [0, 0.1) is 13.8 Å². The molecular formula is C22H23N3O4. The minimum absolute atomic E-state index is 0.207. The van der Waals surface area contributed by atoms with Crippen molar-refractivity contribution in [1.29, 1.82) is 0 Å². The summed E-state index contributed by atoms with van der Waals surface area (Å²) >= 11 is 0. The molecule has 0 aliphatic heterocycles. The third-order valence-corrected chi connectivity index (χ3v) is 4.39. The largest absolute Gasteiger partial charge is 0.465 e. The summed E-state index contributed by atoms with van der Waals surface area (Å²) in [6.07, 6.45) is 4.37. The molecule has 0 aliphatic rings. The van der Waals surface area contributed by atoms with Crippen molar-refractivity contribution < 1.29 is 18.7 Å². The van der Waals surface area contributed by atoms with Crippen LogP contribution in [-0.2, 0) is 14.3 Å². The summed E-state index contributed by atoms with van der Waals surface area (Å²) in [5, 5.41) is 7.29. The van der Waals surface area contributed by atoms with Crippen molar-refractivity contribution in [3.05, 3.63) is 77.5 Å². The average molecular weight is 393 g/mol. The van der Waals surface area contributed by atoms with E-state index in [1.807, 2.05) is 37.3 Å². The van der Waals surface area contributed by atoms with E-state index >= 15 is 0 Å². The zero-order valence-electron chi connectivity index (χ0n) is 16.6. The molecule has 3 rings (SSSR count).